The number of carbonyl (C=O) groups excluding carboxylic acids is 4. The van der Waals surface area contributed by atoms with Crippen LogP contribution in [0.3, 0.4) is 0 Å². The molecule has 0 amide bonds. The average Bonchev–Trinajstić information content (AvgIpc) is 1.28. The average molecular weight is 1380 g/mol. The summed E-state index contributed by atoms with van der Waals surface area (Å²) in [6.45, 7) is 14.2. The van der Waals surface area contributed by atoms with Gasteiger partial charge in [-0.25, -0.2) is 9.13 Å². The first-order valence-corrected chi connectivity index (χ1v) is 41.8. The van der Waals surface area contributed by atoms with E-state index in [1.54, 1.807) is 0 Å². The van der Waals surface area contributed by atoms with Crippen molar-refractivity contribution < 1.29 is 80.2 Å². The van der Waals surface area contributed by atoms with Crippen LogP contribution < -0.4 is 0 Å². The monoisotopic (exact) mass is 1380 g/mol. The minimum atomic E-state index is -4.96. The van der Waals surface area contributed by atoms with Gasteiger partial charge in [-0.1, -0.05) is 325 Å². The number of rotatable bonds is 72. The van der Waals surface area contributed by atoms with Gasteiger partial charge in [0.05, 0.1) is 26.4 Å². The third-order valence-electron chi connectivity index (χ3n) is 18.0. The van der Waals surface area contributed by atoms with E-state index < -0.39 is 97.5 Å². The summed E-state index contributed by atoms with van der Waals surface area (Å²) in [6.07, 6.45) is 48.5. The van der Waals surface area contributed by atoms with Crippen LogP contribution in [0.15, 0.2) is 0 Å². The zero-order valence-electron chi connectivity index (χ0n) is 61.6. The fraction of sp³-hybridized carbons (Fsp3) is 0.947. The number of unbranched alkanes of at least 4 members (excludes halogenated alkanes) is 36. The molecule has 0 saturated heterocycles. The van der Waals surface area contributed by atoms with Crippen LogP contribution in [0.25, 0.3) is 0 Å². The second kappa shape index (κ2) is 64.4. The summed E-state index contributed by atoms with van der Waals surface area (Å²) < 4.78 is 68.5. The summed E-state index contributed by atoms with van der Waals surface area (Å²) >= 11 is 0. The highest BCUT2D eigenvalue weighted by molar-refractivity contribution is 7.47. The summed E-state index contributed by atoms with van der Waals surface area (Å²) in [5.74, 6) is 0.974. The fourth-order valence-corrected chi connectivity index (χ4v) is 12.9. The Hall–Kier alpha value is -1.94. The predicted octanol–water partition coefficient (Wildman–Crippen LogP) is 21.7. The molecule has 0 heterocycles. The maximum absolute atomic E-state index is 13.1. The highest BCUT2D eigenvalue weighted by Gasteiger charge is 2.30. The molecule has 0 spiro atoms. The standard InChI is InChI=1S/C75H146O17P2/c1-9-67(7)53-45-37-29-20-17-18-22-33-41-49-57-74(79)91-70(61-85-72(77)55-47-39-31-21-16-14-12-11-13-15-19-27-35-43-51-65(3)4)63-89-93(81,82)87-59-69(76)60-88-94(83,84)90-64-71(62-86-73(78)56-48-40-32-25-23-28-36-44-52-66(5)6)92-75(80)58-50-42-34-26-24-30-38-46-54-68(8)10-2/h65-71,76H,9-64H2,1-8H3,(H,81,82)(H,83,84)/t67?,68?,69?,70-,71-/m1/s1. The van der Waals surface area contributed by atoms with Crippen LogP contribution in [0.1, 0.15) is 376 Å². The van der Waals surface area contributed by atoms with E-state index in [0.29, 0.717) is 25.7 Å². The first-order valence-electron chi connectivity index (χ1n) is 38.8. The molecule has 0 radical (unpaired) electrons. The van der Waals surface area contributed by atoms with Gasteiger partial charge in [0.1, 0.15) is 19.3 Å². The van der Waals surface area contributed by atoms with Crippen molar-refractivity contribution in [2.75, 3.05) is 39.6 Å². The van der Waals surface area contributed by atoms with Gasteiger partial charge in [0.15, 0.2) is 12.2 Å². The molecule has 5 unspecified atom stereocenters. The third-order valence-corrected chi connectivity index (χ3v) is 19.9. The lowest BCUT2D eigenvalue weighted by Gasteiger charge is -2.21. The zero-order chi connectivity index (χ0) is 69.6. The van der Waals surface area contributed by atoms with Gasteiger partial charge in [0, 0.05) is 25.7 Å². The van der Waals surface area contributed by atoms with Gasteiger partial charge in [0.25, 0.3) is 0 Å². The molecule has 0 aromatic rings. The van der Waals surface area contributed by atoms with E-state index >= 15 is 0 Å². The Morgan fingerprint density at radius 1 is 0.298 bits per heavy atom. The van der Waals surface area contributed by atoms with Gasteiger partial charge >= 0.3 is 39.5 Å². The molecule has 3 N–H and O–H groups in total. The SMILES string of the molecule is CCC(C)CCCCCCCCCCCCC(=O)O[C@H](COC(=O)CCCCCCCCCCCCCCCCC(C)C)COP(=O)(O)OCC(O)COP(=O)(O)OC[C@@H](COC(=O)CCCCCCCCCCC(C)C)OC(=O)CCCCCCCCCCC(C)CC. The van der Waals surface area contributed by atoms with Crippen molar-refractivity contribution in [2.45, 2.75) is 395 Å². The van der Waals surface area contributed by atoms with Gasteiger partial charge in [-0.2, -0.15) is 0 Å². The van der Waals surface area contributed by atoms with Crippen molar-refractivity contribution in [3.63, 3.8) is 0 Å². The van der Waals surface area contributed by atoms with E-state index in [0.717, 1.165) is 114 Å². The number of aliphatic hydroxyl groups is 1. The number of phosphoric ester groups is 2. The quantitative estimate of drug-likeness (QED) is 0.0222. The van der Waals surface area contributed by atoms with E-state index in [1.165, 1.54) is 180 Å². The lowest BCUT2D eigenvalue weighted by molar-refractivity contribution is -0.161. The summed E-state index contributed by atoms with van der Waals surface area (Å²) in [5.41, 5.74) is 0. The normalized spacial score (nSPS) is 14.7. The van der Waals surface area contributed by atoms with Crippen LogP contribution in [-0.2, 0) is 65.4 Å². The molecule has 17 nitrogen and oxygen atoms in total. The first-order chi connectivity index (χ1) is 45.2. The van der Waals surface area contributed by atoms with Crippen molar-refractivity contribution in [3.8, 4) is 0 Å². The molecule has 94 heavy (non-hydrogen) atoms. The van der Waals surface area contributed by atoms with Crippen LogP contribution >= 0.6 is 15.6 Å². The summed E-state index contributed by atoms with van der Waals surface area (Å²) in [5, 5.41) is 10.6. The minimum Gasteiger partial charge on any atom is -0.462 e. The van der Waals surface area contributed by atoms with Crippen LogP contribution in [0.4, 0.5) is 0 Å². The van der Waals surface area contributed by atoms with Crippen LogP contribution in [-0.4, -0.2) is 96.7 Å². The maximum Gasteiger partial charge on any atom is 0.472 e. The summed E-state index contributed by atoms with van der Waals surface area (Å²) in [6, 6.07) is 0. The van der Waals surface area contributed by atoms with Gasteiger partial charge < -0.3 is 33.8 Å². The molecule has 0 fully saturated rings. The molecule has 7 atom stereocenters. The van der Waals surface area contributed by atoms with Crippen molar-refractivity contribution in [3.05, 3.63) is 0 Å². The Bertz CT molecular complexity index is 1850. The fourth-order valence-electron chi connectivity index (χ4n) is 11.3. The van der Waals surface area contributed by atoms with Crippen molar-refractivity contribution in [1.29, 1.82) is 0 Å². The number of hydrogen-bond acceptors (Lipinski definition) is 15. The minimum absolute atomic E-state index is 0.104. The van der Waals surface area contributed by atoms with Gasteiger partial charge in [-0.05, 0) is 49.4 Å². The Labute approximate surface area is 575 Å². The second-order valence-corrected chi connectivity index (χ2v) is 31.4. The predicted molar refractivity (Wildman–Crippen MR) is 381 cm³/mol. The molecule has 0 aromatic carbocycles. The van der Waals surface area contributed by atoms with Gasteiger partial charge in [-0.3, -0.25) is 37.3 Å². The molecule has 19 heteroatoms. The van der Waals surface area contributed by atoms with Crippen LogP contribution in [0, 0.1) is 23.7 Å². The maximum atomic E-state index is 13.1. The van der Waals surface area contributed by atoms with E-state index in [1.807, 2.05) is 0 Å². The number of ether oxygens (including phenoxy) is 4. The number of hydrogen-bond donors (Lipinski definition) is 3. The highest BCUT2D eigenvalue weighted by atomic mass is 31.2. The Morgan fingerprint density at radius 2 is 0.511 bits per heavy atom. The number of phosphoric acid groups is 2. The number of aliphatic hydroxyl groups excluding tert-OH is 1. The Balaban J connectivity index is 5.26. The summed E-state index contributed by atoms with van der Waals surface area (Å²) in [7, 11) is -9.91. The smallest absolute Gasteiger partial charge is 0.462 e. The molecule has 0 aliphatic carbocycles. The van der Waals surface area contributed by atoms with Gasteiger partial charge in [-0.15, -0.1) is 0 Å². The van der Waals surface area contributed by atoms with Crippen molar-refractivity contribution in [2.24, 2.45) is 23.7 Å². The lowest BCUT2D eigenvalue weighted by atomic mass is 9.99. The molecule has 0 saturated carbocycles. The van der Waals surface area contributed by atoms with Gasteiger partial charge in [0.2, 0.25) is 0 Å². The highest BCUT2D eigenvalue weighted by Crippen LogP contribution is 2.45. The molecule has 0 rings (SSSR count). The Kier molecular flexibility index (Phi) is 63.1. The largest absolute Gasteiger partial charge is 0.472 e. The number of carbonyl (C=O) groups is 4. The topological polar surface area (TPSA) is 237 Å². The molecule has 0 bridgehead atoms. The number of esters is 4. The Morgan fingerprint density at radius 3 is 0.755 bits per heavy atom. The molecule has 0 aromatic heterocycles. The van der Waals surface area contributed by atoms with Crippen molar-refractivity contribution in [1.82, 2.24) is 0 Å². The second-order valence-electron chi connectivity index (χ2n) is 28.5. The zero-order valence-corrected chi connectivity index (χ0v) is 63.4. The van der Waals surface area contributed by atoms with Crippen molar-refractivity contribution >= 4 is 39.5 Å². The van der Waals surface area contributed by atoms with E-state index in [4.69, 9.17) is 37.0 Å². The molecule has 0 aliphatic heterocycles. The first kappa shape index (κ1) is 92.1. The van der Waals surface area contributed by atoms with E-state index in [9.17, 15) is 43.2 Å². The third kappa shape index (κ3) is 66.0. The molecule has 0 aliphatic rings. The van der Waals surface area contributed by atoms with Crippen LogP contribution in [0.5, 0.6) is 0 Å². The summed E-state index contributed by atoms with van der Waals surface area (Å²) in [4.78, 5) is 72.8. The molecular formula is C75H146O17P2. The molecule has 558 valence electrons. The van der Waals surface area contributed by atoms with E-state index in [2.05, 4.69) is 55.4 Å². The molecular weight excluding hydrogens is 1230 g/mol. The van der Waals surface area contributed by atoms with Crippen LogP contribution in [0.2, 0.25) is 0 Å². The van der Waals surface area contributed by atoms with E-state index in [-0.39, 0.29) is 25.7 Å². The lowest BCUT2D eigenvalue weighted by Crippen LogP contribution is -2.30.